The number of aromatic nitrogens is 3. The first-order chi connectivity index (χ1) is 21.4. The van der Waals surface area contributed by atoms with Crippen LogP contribution >= 0.6 is 0 Å². The summed E-state index contributed by atoms with van der Waals surface area (Å²) in [4.78, 5) is 26.4. The van der Waals surface area contributed by atoms with Crippen molar-refractivity contribution in [2.24, 2.45) is 0 Å². The number of ether oxygens (including phenoxy) is 1. The van der Waals surface area contributed by atoms with Crippen LogP contribution in [-0.2, 0) is 19.6 Å². The smallest absolute Gasteiger partial charge is 0.404 e. The van der Waals surface area contributed by atoms with Gasteiger partial charge in [-0.3, -0.25) is 0 Å². The lowest BCUT2D eigenvalue weighted by Crippen LogP contribution is -2.22. The standard InChI is InChI=1S/C34H33FN6O3/c1-23(17-25-11-8-12-26(18-25)20-38-34(42)43)39-33-36-16-15-31(40-33)41(2)27-19-29(28-13-6-7-14-30(28)35)32(37-21-27)44-22-24-9-4-3-5-10-24/h3-16,18-19,21,23,38H,17,20,22H2,1-2H3,(H,42,43)(H,36,39,40). The van der Waals surface area contributed by atoms with Crippen molar-refractivity contribution in [1.82, 2.24) is 20.3 Å². The number of nitrogens with one attached hydrogen (secondary N) is 2. The summed E-state index contributed by atoms with van der Waals surface area (Å²) in [7, 11) is 1.86. The van der Waals surface area contributed by atoms with Gasteiger partial charge >= 0.3 is 6.09 Å². The molecule has 9 nitrogen and oxygen atoms in total. The maximum Gasteiger partial charge on any atom is 0.404 e. The van der Waals surface area contributed by atoms with Gasteiger partial charge in [-0.15, -0.1) is 0 Å². The van der Waals surface area contributed by atoms with Gasteiger partial charge in [0.2, 0.25) is 11.8 Å². The van der Waals surface area contributed by atoms with Gasteiger partial charge in [0.1, 0.15) is 18.2 Å². The molecule has 3 N–H and O–H groups in total. The summed E-state index contributed by atoms with van der Waals surface area (Å²) >= 11 is 0. The van der Waals surface area contributed by atoms with Crippen LogP contribution in [0.2, 0.25) is 0 Å². The molecule has 5 aromatic rings. The highest BCUT2D eigenvalue weighted by atomic mass is 19.1. The van der Waals surface area contributed by atoms with Gasteiger partial charge < -0.3 is 25.4 Å². The second-order valence-corrected chi connectivity index (χ2v) is 10.3. The number of pyridine rings is 1. The summed E-state index contributed by atoms with van der Waals surface area (Å²) in [6, 6.07) is 27.7. The monoisotopic (exact) mass is 592 g/mol. The molecular weight excluding hydrogens is 559 g/mol. The second kappa shape index (κ2) is 14.1. The molecule has 0 fully saturated rings. The Morgan fingerprint density at radius 1 is 0.932 bits per heavy atom. The van der Waals surface area contributed by atoms with E-state index >= 15 is 0 Å². The fraction of sp³-hybridized carbons (Fsp3) is 0.176. The molecule has 0 radical (unpaired) electrons. The van der Waals surface area contributed by atoms with Crippen LogP contribution in [0.4, 0.5) is 26.6 Å². The van der Waals surface area contributed by atoms with Crippen molar-refractivity contribution in [3.63, 3.8) is 0 Å². The summed E-state index contributed by atoms with van der Waals surface area (Å²) in [5.74, 6) is 1.04. The molecular formula is C34H33FN6O3. The van der Waals surface area contributed by atoms with Gasteiger partial charge in [0.05, 0.1) is 11.9 Å². The average Bonchev–Trinajstić information content (AvgIpc) is 3.03. The third kappa shape index (κ3) is 7.86. The maximum absolute atomic E-state index is 14.9. The quantitative estimate of drug-likeness (QED) is 0.144. The Morgan fingerprint density at radius 3 is 2.48 bits per heavy atom. The molecule has 0 aliphatic rings. The Kier molecular flexibility index (Phi) is 9.61. The van der Waals surface area contributed by atoms with Crippen molar-refractivity contribution < 1.29 is 19.0 Å². The number of nitrogens with zero attached hydrogens (tertiary/aromatic N) is 4. The van der Waals surface area contributed by atoms with E-state index in [9.17, 15) is 9.18 Å². The van der Waals surface area contributed by atoms with Crippen molar-refractivity contribution in [2.45, 2.75) is 32.5 Å². The molecule has 0 saturated heterocycles. The number of rotatable bonds is 12. The molecule has 1 unspecified atom stereocenters. The fourth-order valence-corrected chi connectivity index (χ4v) is 4.75. The van der Waals surface area contributed by atoms with E-state index in [1.165, 1.54) is 6.07 Å². The number of amides is 1. The van der Waals surface area contributed by atoms with E-state index in [4.69, 9.17) is 14.8 Å². The van der Waals surface area contributed by atoms with Crippen LogP contribution in [0.15, 0.2) is 103 Å². The molecule has 0 aliphatic carbocycles. The van der Waals surface area contributed by atoms with E-state index in [0.29, 0.717) is 47.5 Å². The topological polar surface area (TPSA) is 112 Å². The van der Waals surface area contributed by atoms with Crippen molar-refractivity contribution in [3.8, 4) is 17.0 Å². The lowest BCUT2D eigenvalue weighted by atomic mass is 10.0. The van der Waals surface area contributed by atoms with Gasteiger partial charge in [0.25, 0.3) is 0 Å². The van der Waals surface area contributed by atoms with Gasteiger partial charge in [-0.05, 0) is 48.2 Å². The lowest BCUT2D eigenvalue weighted by Gasteiger charge is -2.21. The SMILES string of the molecule is CC(Cc1cccc(CNC(=O)O)c1)Nc1nccc(N(C)c2cnc(OCc3ccccc3)c(-c3ccccc3F)c2)n1. The highest BCUT2D eigenvalue weighted by Crippen LogP contribution is 2.35. The number of hydrogen-bond acceptors (Lipinski definition) is 7. The Labute approximate surface area is 255 Å². The van der Waals surface area contributed by atoms with Crippen LogP contribution in [0.5, 0.6) is 5.88 Å². The molecule has 0 bridgehead atoms. The summed E-state index contributed by atoms with van der Waals surface area (Å²) in [6.45, 7) is 2.57. The predicted octanol–water partition coefficient (Wildman–Crippen LogP) is 6.84. The van der Waals surface area contributed by atoms with E-state index in [0.717, 1.165) is 16.7 Å². The molecule has 5 rings (SSSR count). The molecule has 1 amide bonds. The van der Waals surface area contributed by atoms with Crippen molar-refractivity contribution in [1.29, 1.82) is 0 Å². The zero-order valence-corrected chi connectivity index (χ0v) is 24.4. The van der Waals surface area contributed by atoms with E-state index in [1.807, 2.05) is 79.5 Å². The van der Waals surface area contributed by atoms with E-state index in [1.54, 1.807) is 36.7 Å². The molecule has 44 heavy (non-hydrogen) atoms. The Hall–Kier alpha value is -5.51. The lowest BCUT2D eigenvalue weighted by molar-refractivity contribution is 0.194. The highest BCUT2D eigenvalue weighted by Gasteiger charge is 2.17. The summed E-state index contributed by atoms with van der Waals surface area (Å²) in [6.07, 6.45) is 2.98. The van der Waals surface area contributed by atoms with Crippen molar-refractivity contribution in [3.05, 3.63) is 126 Å². The minimum atomic E-state index is -1.06. The van der Waals surface area contributed by atoms with Crippen LogP contribution in [0.1, 0.15) is 23.6 Å². The Bertz CT molecular complexity index is 1720. The number of anilines is 3. The molecule has 3 aromatic carbocycles. The maximum atomic E-state index is 14.9. The number of hydrogen-bond donors (Lipinski definition) is 3. The largest absolute Gasteiger partial charge is 0.472 e. The van der Waals surface area contributed by atoms with Crippen molar-refractivity contribution >= 4 is 23.5 Å². The average molecular weight is 593 g/mol. The zero-order chi connectivity index (χ0) is 30.9. The molecule has 0 aliphatic heterocycles. The van der Waals surface area contributed by atoms with Crippen LogP contribution in [-0.4, -0.2) is 39.2 Å². The second-order valence-electron chi connectivity index (χ2n) is 10.3. The fourth-order valence-electron chi connectivity index (χ4n) is 4.75. The van der Waals surface area contributed by atoms with E-state index in [2.05, 4.69) is 20.6 Å². The number of carbonyl (C=O) groups is 1. The zero-order valence-electron chi connectivity index (χ0n) is 24.4. The number of benzene rings is 3. The molecule has 0 spiro atoms. The van der Waals surface area contributed by atoms with Crippen molar-refractivity contribution in [2.75, 3.05) is 17.3 Å². The summed E-state index contributed by atoms with van der Waals surface area (Å²) in [5.41, 5.74) is 4.54. The first-order valence-electron chi connectivity index (χ1n) is 14.2. The van der Waals surface area contributed by atoms with Gasteiger partial charge in [0.15, 0.2) is 0 Å². The Morgan fingerprint density at radius 2 is 1.68 bits per heavy atom. The van der Waals surface area contributed by atoms with Gasteiger partial charge in [-0.2, -0.15) is 4.98 Å². The number of carboxylic acid groups (broad SMARTS) is 1. The first-order valence-corrected chi connectivity index (χ1v) is 14.2. The first kappa shape index (κ1) is 30.0. The predicted molar refractivity (Wildman–Crippen MR) is 169 cm³/mol. The highest BCUT2D eigenvalue weighted by molar-refractivity contribution is 5.74. The van der Waals surface area contributed by atoms with E-state index in [-0.39, 0.29) is 18.4 Å². The van der Waals surface area contributed by atoms with E-state index < -0.39 is 6.09 Å². The molecule has 10 heteroatoms. The van der Waals surface area contributed by atoms with Gasteiger partial charge in [-0.1, -0.05) is 72.8 Å². The molecule has 224 valence electrons. The Balaban J connectivity index is 1.32. The third-order valence-corrected chi connectivity index (χ3v) is 6.94. The summed E-state index contributed by atoms with van der Waals surface area (Å²) < 4.78 is 21.0. The molecule has 1 atom stereocenters. The van der Waals surface area contributed by atoms with Gasteiger partial charge in [0, 0.05) is 37.0 Å². The molecule has 2 heterocycles. The molecule has 2 aromatic heterocycles. The van der Waals surface area contributed by atoms with Gasteiger partial charge in [-0.25, -0.2) is 19.2 Å². The third-order valence-electron chi connectivity index (χ3n) is 6.94. The minimum absolute atomic E-state index is 0.00592. The van der Waals surface area contributed by atoms with Crippen LogP contribution < -0.4 is 20.3 Å². The normalized spacial score (nSPS) is 11.4. The van der Waals surface area contributed by atoms with Crippen LogP contribution in [0.3, 0.4) is 0 Å². The van der Waals surface area contributed by atoms with Crippen LogP contribution in [0.25, 0.3) is 11.1 Å². The number of halogens is 1. The molecule has 0 saturated carbocycles. The van der Waals surface area contributed by atoms with Crippen LogP contribution in [0, 0.1) is 5.82 Å². The minimum Gasteiger partial charge on any atom is -0.472 e. The summed E-state index contributed by atoms with van der Waals surface area (Å²) in [5, 5.41) is 14.6.